The second-order valence-electron chi connectivity index (χ2n) is 5.63. The number of nitrogens with one attached hydrogen (secondary N) is 1. The van der Waals surface area contributed by atoms with Crippen molar-refractivity contribution in [1.29, 1.82) is 0 Å². The van der Waals surface area contributed by atoms with Gasteiger partial charge in [-0.15, -0.1) is 11.8 Å². The van der Waals surface area contributed by atoms with Gasteiger partial charge in [-0.1, -0.05) is 23.4 Å². The van der Waals surface area contributed by atoms with Crippen molar-refractivity contribution in [2.75, 3.05) is 6.54 Å². The predicted octanol–water partition coefficient (Wildman–Crippen LogP) is 3.29. The second kappa shape index (κ2) is 6.90. The smallest absolute Gasteiger partial charge is 0.227 e. The second-order valence-corrected chi connectivity index (χ2v) is 6.68. The van der Waals surface area contributed by atoms with Gasteiger partial charge in [0.2, 0.25) is 5.89 Å². The van der Waals surface area contributed by atoms with Gasteiger partial charge in [0.1, 0.15) is 0 Å². The molecule has 1 aromatic heterocycles. The van der Waals surface area contributed by atoms with Crippen LogP contribution in [-0.4, -0.2) is 22.2 Å². The van der Waals surface area contributed by atoms with Crippen molar-refractivity contribution in [3.8, 4) is 0 Å². The van der Waals surface area contributed by atoms with Crippen LogP contribution in [-0.2, 0) is 12.2 Å². The average molecular weight is 291 g/mol. The molecule has 5 heteroatoms. The van der Waals surface area contributed by atoms with Crippen LogP contribution in [0.5, 0.6) is 0 Å². The lowest BCUT2D eigenvalue weighted by atomic mass is 10.1. The molecule has 0 radical (unpaired) electrons. The third kappa shape index (κ3) is 5.35. The summed E-state index contributed by atoms with van der Waals surface area (Å²) in [6, 6.07) is 10.2. The van der Waals surface area contributed by atoms with Crippen LogP contribution in [0.3, 0.4) is 0 Å². The Kier molecular flexibility index (Phi) is 5.20. The summed E-state index contributed by atoms with van der Waals surface area (Å²) >= 11 is 1.71. The molecular weight excluding hydrogens is 270 g/mol. The summed E-state index contributed by atoms with van der Waals surface area (Å²) < 4.78 is 5.25. The number of thioether (sulfide) groups is 1. The Balaban J connectivity index is 1.77. The van der Waals surface area contributed by atoms with E-state index in [2.05, 4.69) is 48.4 Å². The van der Waals surface area contributed by atoms with Crippen LogP contribution in [0.25, 0.3) is 0 Å². The van der Waals surface area contributed by atoms with Crippen molar-refractivity contribution in [1.82, 2.24) is 15.5 Å². The van der Waals surface area contributed by atoms with E-state index in [1.54, 1.807) is 11.8 Å². The summed E-state index contributed by atoms with van der Waals surface area (Å²) in [5, 5.41) is 7.42. The number of rotatable bonds is 6. The number of nitrogens with zero attached hydrogens (tertiary/aromatic N) is 2. The predicted molar refractivity (Wildman–Crippen MR) is 81.8 cm³/mol. The minimum absolute atomic E-state index is 0.117. The lowest BCUT2D eigenvalue weighted by Crippen LogP contribution is -2.37. The third-order valence-electron chi connectivity index (χ3n) is 2.62. The van der Waals surface area contributed by atoms with E-state index in [4.69, 9.17) is 4.52 Å². The van der Waals surface area contributed by atoms with Gasteiger partial charge in [0.15, 0.2) is 5.82 Å². The fraction of sp³-hybridized carbons (Fsp3) is 0.467. The zero-order chi connectivity index (χ0) is 14.4. The normalized spacial score (nSPS) is 11.8. The molecule has 1 aromatic carbocycles. The zero-order valence-electron chi connectivity index (χ0n) is 12.2. The Labute approximate surface area is 124 Å². The van der Waals surface area contributed by atoms with Crippen molar-refractivity contribution < 1.29 is 4.52 Å². The van der Waals surface area contributed by atoms with Crippen LogP contribution in [0.2, 0.25) is 0 Å². The highest BCUT2D eigenvalue weighted by molar-refractivity contribution is 7.98. The summed E-state index contributed by atoms with van der Waals surface area (Å²) in [6.45, 7) is 7.27. The molecular formula is C15H21N3OS. The molecule has 4 nitrogen and oxygen atoms in total. The molecule has 0 spiro atoms. The summed E-state index contributed by atoms with van der Waals surface area (Å²) in [4.78, 5) is 5.62. The van der Waals surface area contributed by atoms with E-state index in [1.807, 2.05) is 18.2 Å². The first-order valence-corrected chi connectivity index (χ1v) is 7.76. The maximum atomic E-state index is 5.25. The summed E-state index contributed by atoms with van der Waals surface area (Å²) in [7, 11) is 0. The minimum atomic E-state index is 0.117. The van der Waals surface area contributed by atoms with Crippen molar-refractivity contribution in [2.45, 2.75) is 43.4 Å². The topological polar surface area (TPSA) is 51.0 Å². The molecule has 0 fully saturated rings. The maximum Gasteiger partial charge on any atom is 0.227 e. The number of hydrogen-bond donors (Lipinski definition) is 1. The average Bonchev–Trinajstić information content (AvgIpc) is 2.84. The number of hydrogen-bond acceptors (Lipinski definition) is 5. The number of benzene rings is 1. The van der Waals surface area contributed by atoms with Gasteiger partial charge in [-0.25, -0.2) is 0 Å². The molecule has 0 saturated heterocycles. The monoisotopic (exact) mass is 291 g/mol. The molecule has 0 aliphatic heterocycles. The van der Waals surface area contributed by atoms with E-state index < -0.39 is 0 Å². The largest absolute Gasteiger partial charge is 0.339 e. The standard InChI is InChI=1S/C15H21N3OS/c1-15(2,3)16-10-9-14-17-13(18-19-14)11-20-12-7-5-4-6-8-12/h4-8,16H,9-11H2,1-3H3. The van der Waals surface area contributed by atoms with Gasteiger partial charge in [0.25, 0.3) is 0 Å². The van der Waals surface area contributed by atoms with Crippen LogP contribution in [0.4, 0.5) is 0 Å². The highest BCUT2D eigenvalue weighted by atomic mass is 32.2. The minimum Gasteiger partial charge on any atom is -0.339 e. The molecule has 108 valence electrons. The zero-order valence-corrected chi connectivity index (χ0v) is 13.0. The highest BCUT2D eigenvalue weighted by Gasteiger charge is 2.10. The Hall–Kier alpha value is -1.33. The fourth-order valence-electron chi connectivity index (χ4n) is 1.66. The van der Waals surface area contributed by atoms with Crippen LogP contribution < -0.4 is 5.32 Å². The summed E-state index contributed by atoms with van der Waals surface area (Å²) in [5.74, 6) is 2.19. The molecule has 0 amide bonds. The molecule has 2 rings (SSSR count). The van der Waals surface area contributed by atoms with Gasteiger partial charge in [-0.2, -0.15) is 4.98 Å². The molecule has 0 aliphatic carbocycles. The Morgan fingerprint density at radius 2 is 1.95 bits per heavy atom. The van der Waals surface area contributed by atoms with E-state index in [1.165, 1.54) is 4.90 Å². The third-order valence-corrected chi connectivity index (χ3v) is 3.62. The van der Waals surface area contributed by atoms with Crippen LogP contribution in [0.1, 0.15) is 32.5 Å². The molecule has 0 aliphatic rings. The first kappa shape index (κ1) is 15.1. The van der Waals surface area contributed by atoms with E-state index in [0.29, 0.717) is 5.89 Å². The SMILES string of the molecule is CC(C)(C)NCCc1nc(CSc2ccccc2)no1. The first-order valence-electron chi connectivity index (χ1n) is 6.77. The Bertz CT molecular complexity index is 519. The molecule has 0 atom stereocenters. The van der Waals surface area contributed by atoms with Crippen molar-refractivity contribution >= 4 is 11.8 Å². The lowest BCUT2D eigenvalue weighted by molar-refractivity contribution is 0.359. The molecule has 0 bridgehead atoms. The van der Waals surface area contributed by atoms with E-state index in [9.17, 15) is 0 Å². The quantitative estimate of drug-likeness (QED) is 0.828. The maximum absolute atomic E-state index is 5.25. The lowest BCUT2D eigenvalue weighted by Gasteiger charge is -2.19. The van der Waals surface area contributed by atoms with Gasteiger partial charge in [0, 0.05) is 23.4 Å². The molecule has 1 heterocycles. The Morgan fingerprint density at radius 3 is 2.65 bits per heavy atom. The molecule has 1 N–H and O–H groups in total. The van der Waals surface area contributed by atoms with Crippen LogP contribution in [0, 0.1) is 0 Å². The van der Waals surface area contributed by atoms with E-state index >= 15 is 0 Å². The fourth-order valence-corrected chi connectivity index (χ4v) is 2.42. The van der Waals surface area contributed by atoms with Crippen molar-refractivity contribution in [2.24, 2.45) is 0 Å². The Morgan fingerprint density at radius 1 is 1.20 bits per heavy atom. The molecule has 0 saturated carbocycles. The van der Waals surface area contributed by atoms with Crippen molar-refractivity contribution in [3.63, 3.8) is 0 Å². The van der Waals surface area contributed by atoms with Crippen molar-refractivity contribution in [3.05, 3.63) is 42.0 Å². The van der Waals surface area contributed by atoms with Gasteiger partial charge in [-0.05, 0) is 32.9 Å². The van der Waals surface area contributed by atoms with Gasteiger partial charge in [-0.3, -0.25) is 0 Å². The summed E-state index contributed by atoms with van der Waals surface area (Å²) in [5.41, 5.74) is 0.117. The van der Waals surface area contributed by atoms with E-state index in [-0.39, 0.29) is 5.54 Å². The van der Waals surface area contributed by atoms with Crippen LogP contribution >= 0.6 is 11.8 Å². The number of aromatic nitrogens is 2. The first-order chi connectivity index (χ1) is 9.53. The van der Waals surface area contributed by atoms with Gasteiger partial charge < -0.3 is 9.84 Å². The molecule has 0 unspecified atom stereocenters. The van der Waals surface area contributed by atoms with Gasteiger partial charge >= 0.3 is 0 Å². The van der Waals surface area contributed by atoms with Gasteiger partial charge in [0.05, 0.1) is 5.75 Å². The highest BCUT2D eigenvalue weighted by Crippen LogP contribution is 2.20. The molecule has 2 aromatic rings. The summed E-state index contributed by atoms with van der Waals surface area (Å²) in [6.07, 6.45) is 0.764. The van der Waals surface area contributed by atoms with E-state index in [0.717, 1.165) is 24.5 Å². The molecule has 20 heavy (non-hydrogen) atoms. The van der Waals surface area contributed by atoms with Crippen LogP contribution in [0.15, 0.2) is 39.8 Å².